The van der Waals surface area contributed by atoms with Gasteiger partial charge in [-0.25, -0.2) is 0 Å². The zero-order valence-electron chi connectivity index (χ0n) is 16.9. The molecule has 0 aliphatic carbocycles. The van der Waals surface area contributed by atoms with Gasteiger partial charge in [0.25, 0.3) is 0 Å². The van der Waals surface area contributed by atoms with E-state index in [0.717, 1.165) is 35.2 Å². The Labute approximate surface area is 185 Å². The van der Waals surface area contributed by atoms with E-state index < -0.39 is 0 Å². The van der Waals surface area contributed by atoms with Gasteiger partial charge in [0, 0.05) is 28.8 Å². The third-order valence-electron chi connectivity index (χ3n) is 4.93. The van der Waals surface area contributed by atoms with Crippen LogP contribution in [0.3, 0.4) is 0 Å². The van der Waals surface area contributed by atoms with E-state index in [-0.39, 0.29) is 5.91 Å². The van der Waals surface area contributed by atoms with Gasteiger partial charge in [-0.1, -0.05) is 67.2 Å². The summed E-state index contributed by atoms with van der Waals surface area (Å²) in [5, 5.41) is 9.95. The maximum atomic E-state index is 13.2. The number of carbonyl (C=O) groups is 1. The van der Waals surface area contributed by atoms with Crippen molar-refractivity contribution >= 4 is 35.1 Å². The van der Waals surface area contributed by atoms with Crippen LogP contribution < -0.4 is 4.90 Å². The predicted octanol–water partition coefficient (Wildman–Crippen LogP) is 5.14. The number of benzene rings is 2. The molecule has 3 aromatic rings. The Kier molecular flexibility index (Phi) is 6.59. The van der Waals surface area contributed by atoms with Gasteiger partial charge in [-0.2, -0.15) is 0 Å². The van der Waals surface area contributed by atoms with Gasteiger partial charge < -0.3 is 4.90 Å². The molecule has 1 aromatic heterocycles. The average Bonchev–Trinajstić information content (AvgIpc) is 3.08. The fourth-order valence-electron chi connectivity index (χ4n) is 3.44. The number of anilines is 1. The van der Waals surface area contributed by atoms with Crippen LogP contribution >= 0.6 is 23.5 Å². The lowest BCUT2D eigenvalue weighted by atomic mass is 10.2. The van der Waals surface area contributed by atoms with Crippen molar-refractivity contribution in [2.75, 3.05) is 17.2 Å². The van der Waals surface area contributed by atoms with Crippen LogP contribution in [0.5, 0.6) is 0 Å². The molecule has 0 radical (unpaired) electrons. The lowest BCUT2D eigenvalue weighted by Crippen LogP contribution is -2.33. The van der Waals surface area contributed by atoms with Gasteiger partial charge in [-0.05, 0) is 18.6 Å². The number of rotatable bonds is 6. The van der Waals surface area contributed by atoms with Gasteiger partial charge >= 0.3 is 0 Å². The Hall–Kier alpha value is -2.51. The minimum Gasteiger partial charge on any atom is -0.311 e. The van der Waals surface area contributed by atoms with Gasteiger partial charge in [0.1, 0.15) is 0 Å². The highest BCUT2D eigenvalue weighted by Gasteiger charge is 2.25. The Bertz CT molecular complexity index is 1030. The SMILES string of the molecule is C=CCn1c(SCC(=O)N2CCC(C)Sc3ccccc32)nnc1-c1ccccc1. The highest BCUT2D eigenvalue weighted by molar-refractivity contribution is 8.00. The molecular weight excluding hydrogens is 412 g/mol. The molecule has 0 saturated heterocycles. The first-order valence-corrected chi connectivity index (χ1v) is 11.8. The number of carbonyl (C=O) groups excluding carboxylic acids is 1. The molecule has 7 heteroatoms. The van der Waals surface area contributed by atoms with Crippen molar-refractivity contribution in [1.29, 1.82) is 0 Å². The molecule has 0 N–H and O–H groups in total. The van der Waals surface area contributed by atoms with Crippen molar-refractivity contribution in [1.82, 2.24) is 14.8 Å². The second kappa shape index (κ2) is 9.53. The maximum Gasteiger partial charge on any atom is 0.237 e. The molecule has 0 spiro atoms. The summed E-state index contributed by atoms with van der Waals surface area (Å²) in [5.41, 5.74) is 2.01. The number of nitrogens with zero attached hydrogens (tertiary/aromatic N) is 4. The summed E-state index contributed by atoms with van der Waals surface area (Å²) in [7, 11) is 0. The number of amides is 1. The van der Waals surface area contributed by atoms with E-state index in [2.05, 4.69) is 29.8 Å². The predicted molar refractivity (Wildman–Crippen MR) is 125 cm³/mol. The summed E-state index contributed by atoms with van der Waals surface area (Å²) in [6, 6.07) is 18.1. The summed E-state index contributed by atoms with van der Waals surface area (Å²) in [6.45, 7) is 7.40. The monoisotopic (exact) mass is 436 g/mol. The van der Waals surface area contributed by atoms with E-state index in [1.54, 1.807) is 0 Å². The van der Waals surface area contributed by atoms with E-state index in [9.17, 15) is 4.79 Å². The average molecular weight is 437 g/mol. The molecule has 2 heterocycles. The normalized spacial score (nSPS) is 16.0. The van der Waals surface area contributed by atoms with Crippen LogP contribution in [-0.4, -0.2) is 38.2 Å². The van der Waals surface area contributed by atoms with Crippen LogP contribution in [0.4, 0.5) is 5.69 Å². The maximum absolute atomic E-state index is 13.2. The number of fused-ring (bicyclic) bond motifs is 1. The second-order valence-electron chi connectivity index (χ2n) is 7.09. The molecule has 0 bridgehead atoms. The van der Waals surface area contributed by atoms with E-state index in [1.807, 2.05) is 75.8 Å². The first kappa shape index (κ1) is 20.8. The van der Waals surface area contributed by atoms with Crippen LogP contribution in [0.1, 0.15) is 13.3 Å². The molecule has 0 fully saturated rings. The number of para-hydroxylation sites is 1. The molecular formula is C23H24N4OS2. The zero-order valence-corrected chi connectivity index (χ0v) is 18.5. The van der Waals surface area contributed by atoms with Crippen LogP contribution in [0.25, 0.3) is 11.4 Å². The van der Waals surface area contributed by atoms with Gasteiger partial charge in [-0.15, -0.1) is 28.5 Å². The van der Waals surface area contributed by atoms with Crippen molar-refractivity contribution in [3.63, 3.8) is 0 Å². The first-order chi connectivity index (χ1) is 14.7. The number of hydrogen-bond donors (Lipinski definition) is 0. The number of allylic oxidation sites excluding steroid dienone is 1. The molecule has 154 valence electrons. The quantitative estimate of drug-likeness (QED) is 0.396. The van der Waals surface area contributed by atoms with Gasteiger partial charge in [0.05, 0.1) is 11.4 Å². The molecule has 1 amide bonds. The van der Waals surface area contributed by atoms with E-state index in [0.29, 0.717) is 17.5 Å². The minimum atomic E-state index is 0.0940. The Morgan fingerprint density at radius 1 is 1.20 bits per heavy atom. The molecule has 1 aliphatic heterocycles. The molecule has 0 saturated carbocycles. The summed E-state index contributed by atoms with van der Waals surface area (Å²) in [5.74, 6) is 1.20. The van der Waals surface area contributed by atoms with Crippen LogP contribution in [0.2, 0.25) is 0 Å². The molecule has 2 aromatic carbocycles. The summed E-state index contributed by atoms with van der Waals surface area (Å²) in [4.78, 5) is 16.2. The molecule has 1 unspecified atom stereocenters. The topological polar surface area (TPSA) is 51.0 Å². The molecule has 1 atom stereocenters. The Balaban J connectivity index is 1.53. The zero-order chi connectivity index (χ0) is 20.9. The van der Waals surface area contributed by atoms with Crippen molar-refractivity contribution < 1.29 is 4.79 Å². The molecule has 5 nitrogen and oxygen atoms in total. The fourth-order valence-corrected chi connectivity index (χ4v) is 5.38. The third-order valence-corrected chi connectivity index (χ3v) is 7.12. The molecule has 30 heavy (non-hydrogen) atoms. The summed E-state index contributed by atoms with van der Waals surface area (Å²) in [6.07, 6.45) is 2.80. The first-order valence-electron chi connectivity index (χ1n) is 9.95. The van der Waals surface area contributed by atoms with Crippen LogP contribution in [-0.2, 0) is 11.3 Å². The van der Waals surface area contributed by atoms with E-state index in [4.69, 9.17) is 0 Å². The van der Waals surface area contributed by atoms with Crippen molar-refractivity contribution in [3.05, 3.63) is 67.3 Å². The standard InChI is InChI=1S/C23H24N4OS2/c1-3-14-27-22(18-9-5-4-6-10-18)24-25-23(27)29-16-21(28)26-15-13-17(2)30-20-12-8-7-11-19(20)26/h3-12,17H,1,13-16H2,2H3. The largest absolute Gasteiger partial charge is 0.311 e. The minimum absolute atomic E-state index is 0.0940. The van der Waals surface area contributed by atoms with Crippen LogP contribution in [0.15, 0.2) is 77.3 Å². The smallest absolute Gasteiger partial charge is 0.237 e. The highest BCUT2D eigenvalue weighted by Crippen LogP contribution is 2.37. The fraction of sp³-hybridized carbons (Fsp3) is 0.261. The summed E-state index contributed by atoms with van der Waals surface area (Å²) >= 11 is 3.27. The van der Waals surface area contributed by atoms with Crippen LogP contribution in [0, 0.1) is 0 Å². The summed E-state index contributed by atoms with van der Waals surface area (Å²) < 4.78 is 2.01. The van der Waals surface area contributed by atoms with E-state index >= 15 is 0 Å². The second-order valence-corrected chi connectivity index (χ2v) is 9.51. The van der Waals surface area contributed by atoms with E-state index in [1.165, 1.54) is 16.7 Å². The molecule has 1 aliphatic rings. The van der Waals surface area contributed by atoms with Crippen molar-refractivity contribution in [2.24, 2.45) is 0 Å². The Morgan fingerprint density at radius 2 is 1.97 bits per heavy atom. The van der Waals surface area contributed by atoms with Gasteiger partial charge in [0.2, 0.25) is 5.91 Å². The number of hydrogen-bond acceptors (Lipinski definition) is 5. The number of aromatic nitrogens is 3. The number of thioether (sulfide) groups is 2. The lowest BCUT2D eigenvalue weighted by molar-refractivity contribution is -0.116. The molecule has 4 rings (SSSR count). The van der Waals surface area contributed by atoms with Crippen molar-refractivity contribution in [3.8, 4) is 11.4 Å². The third kappa shape index (κ3) is 4.47. The van der Waals surface area contributed by atoms with Crippen molar-refractivity contribution in [2.45, 2.75) is 35.2 Å². The van der Waals surface area contributed by atoms with Gasteiger partial charge in [-0.3, -0.25) is 9.36 Å². The Morgan fingerprint density at radius 3 is 2.77 bits per heavy atom. The van der Waals surface area contributed by atoms with Gasteiger partial charge in [0.15, 0.2) is 11.0 Å². The highest BCUT2D eigenvalue weighted by atomic mass is 32.2. The lowest BCUT2D eigenvalue weighted by Gasteiger charge is -2.22.